The summed E-state index contributed by atoms with van der Waals surface area (Å²) in [6, 6.07) is 3.13. The largest absolute Gasteiger partial charge is 0.461 e. The zero-order valence-corrected chi connectivity index (χ0v) is 14.5. The highest BCUT2D eigenvalue weighted by Crippen LogP contribution is 2.40. The van der Waals surface area contributed by atoms with Crippen LogP contribution in [0.4, 0.5) is 4.39 Å². The number of esters is 1. The van der Waals surface area contributed by atoms with E-state index in [9.17, 15) is 9.18 Å². The molecule has 3 fully saturated rings. The number of hydrogen-bond acceptors (Lipinski definition) is 3. The van der Waals surface area contributed by atoms with Gasteiger partial charge in [-0.25, -0.2) is 9.18 Å². The van der Waals surface area contributed by atoms with E-state index in [-0.39, 0.29) is 29.6 Å². The molecular formula is C18H22ClFN2O2. The molecule has 0 unspecified atom stereocenters. The van der Waals surface area contributed by atoms with E-state index in [1.54, 1.807) is 19.2 Å². The molecule has 1 aromatic carbocycles. The number of carbonyl (C=O) groups excluding carboxylic acids is 1. The summed E-state index contributed by atoms with van der Waals surface area (Å²) in [7, 11) is 0. The summed E-state index contributed by atoms with van der Waals surface area (Å²) in [4.78, 5) is 17.9. The fraction of sp³-hybridized carbons (Fsp3) is 0.500. The zero-order valence-electron chi connectivity index (χ0n) is 13.7. The van der Waals surface area contributed by atoms with Crippen LogP contribution in [-0.2, 0) is 4.74 Å². The zero-order chi connectivity index (χ0) is 16.0. The van der Waals surface area contributed by atoms with Gasteiger partial charge in [-0.05, 0) is 63.5 Å². The summed E-state index contributed by atoms with van der Waals surface area (Å²) in [6.45, 7) is 5.54. The molecule has 3 saturated heterocycles. The monoisotopic (exact) mass is 352 g/mol. The van der Waals surface area contributed by atoms with Gasteiger partial charge in [-0.15, -0.1) is 12.4 Å². The van der Waals surface area contributed by atoms with Gasteiger partial charge < -0.3 is 14.6 Å². The van der Waals surface area contributed by atoms with Crippen LogP contribution in [0.15, 0.2) is 18.3 Å². The highest BCUT2D eigenvalue weighted by Gasteiger charge is 2.40. The molecule has 5 rings (SSSR count). The molecule has 24 heavy (non-hydrogen) atoms. The van der Waals surface area contributed by atoms with Gasteiger partial charge in [0.2, 0.25) is 0 Å². The number of nitrogens with zero attached hydrogens (tertiary/aromatic N) is 1. The third-order valence-corrected chi connectivity index (χ3v) is 5.57. The van der Waals surface area contributed by atoms with Crippen LogP contribution in [0.25, 0.3) is 10.9 Å². The number of ether oxygens (including phenoxy) is 1. The number of H-pyrrole nitrogens is 1. The van der Waals surface area contributed by atoms with Gasteiger partial charge in [0.25, 0.3) is 0 Å². The number of aromatic nitrogens is 1. The van der Waals surface area contributed by atoms with Crippen LogP contribution in [0.1, 0.15) is 35.2 Å². The summed E-state index contributed by atoms with van der Waals surface area (Å²) < 4.78 is 19.3. The summed E-state index contributed by atoms with van der Waals surface area (Å²) >= 11 is 0. The van der Waals surface area contributed by atoms with Crippen molar-refractivity contribution in [3.05, 3.63) is 35.3 Å². The van der Waals surface area contributed by atoms with E-state index in [2.05, 4.69) is 9.88 Å². The smallest absolute Gasteiger partial charge is 0.340 e. The average molecular weight is 353 g/mol. The quantitative estimate of drug-likeness (QED) is 0.857. The molecule has 130 valence electrons. The third kappa shape index (κ3) is 2.91. The second-order valence-electron chi connectivity index (χ2n) is 7.02. The van der Waals surface area contributed by atoms with Gasteiger partial charge >= 0.3 is 5.97 Å². The molecule has 0 saturated carbocycles. The molecule has 2 aromatic rings. The number of fused-ring (bicyclic) bond motifs is 4. The van der Waals surface area contributed by atoms with E-state index < -0.39 is 0 Å². The van der Waals surface area contributed by atoms with Crippen molar-refractivity contribution in [1.29, 1.82) is 0 Å². The minimum absolute atomic E-state index is 0. The van der Waals surface area contributed by atoms with Crippen molar-refractivity contribution in [2.75, 3.05) is 26.2 Å². The van der Waals surface area contributed by atoms with Crippen molar-refractivity contribution in [2.24, 2.45) is 5.41 Å². The number of hydrogen-bond donors (Lipinski definition) is 1. The summed E-state index contributed by atoms with van der Waals surface area (Å²) in [6.07, 6.45) is 4.95. The second kappa shape index (κ2) is 6.37. The lowest BCUT2D eigenvalue weighted by Crippen LogP contribution is -2.50. The molecule has 0 spiro atoms. The standard InChI is InChI=1S/C18H21FN2O2.ClH/c1-12-8-13-14(10-20-16(13)9-15(12)19)17(22)23-11-18-2-5-21(6-3-18)7-4-18;/h8-10,20H,2-7,11H2,1H3;1H. The highest BCUT2D eigenvalue weighted by atomic mass is 35.5. The SMILES string of the molecule is Cc1cc2c(C(=O)OCC34CCN(CC3)CC4)c[nH]c2cc1F.Cl. The van der Waals surface area contributed by atoms with E-state index in [1.807, 2.05) is 0 Å². The van der Waals surface area contributed by atoms with E-state index in [1.165, 1.54) is 6.07 Å². The lowest BCUT2D eigenvalue weighted by atomic mass is 9.73. The molecule has 1 aromatic heterocycles. The predicted molar refractivity (Wildman–Crippen MR) is 93.2 cm³/mol. The molecule has 0 amide bonds. The van der Waals surface area contributed by atoms with Crippen molar-refractivity contribution < 1.29 is 13.9 Å². The number of rotatable bonds is 3. The van der Waals surface area contributed by atoms with Crippen LogP contribution >= 0.6 is 12.4 Å². The van der Waals surface area contributed by atoms with Crippen molar-refractivity contribution in [2.45, 2.75) is 26.2 Å². The van der Waals surface area contributed by atoms with Crippen LogP contribution in [-0.4, -0.2) is 42.1 Å². The number of piperidine rings is 3. The Bertz CT molecular complexity index is 752. The molecule has 0 radical (unpaired) electrons. The number of aromatic amines is 1. The molecule has 4 nitrogen and oxygen atoms in total. The summed E-state index contributed by atoms with van der Waals surface area (Å²) in [5.74, 6) is -0.586. The van der Waals surface area contributed by atoms with Crippen LogP contribution < -0.4 is 0 Å². The normalized spacial score (nSPS) is 25.5. The number of benzene rings is 1. The Morgan fingerprint density at radius 1 is 1.29 bits per heavy atom. The van der Waals surface area contributed by atoms with Crippen LogP contribution in [0, 0.1) is 18.2 Å². The van der Waals surface area contributed by atoms with E-state index in [0.29, 0.717) is 23.3 Å². The Kier molecular flexibility index (Phi) is 4.58. The predicted octanol–water partition coefficient (Wildman–Crippen LogP) is 3.68. The second-order valence-corrected chi connectivity index (χ2v) is 7.02. The maximum atomic E-state index is 13.6. The Morgan fingerprint density at radius 3 is 2.62 bits per heavy atom. The third-order valence-electron chi connectivity index (χ3n) is 5.57. The topological polar surface area (TPSA) is 45.3 Å². The number of halogens is 2. The Balaban J connectivity index is 0.00000169. The average Bonchev–Trinajstić information content (AvgIpc) is 2.98. The van der Waals surface area contributed by atoms with Crippen molar-refractivity contribution in [1.82, 2.24) is 9.88 Å². The van der Waals surface area contributed by atoms with E-state index >= 15 is 0 Å². The first kappa shape index (κ1) is 17.2. The Morgan fingerprint density at radius 2 is 1.96 bits per heavy atom. The first-order valence-corrected chi connectivity index (χ1v) is 8.23. The maximum Gasteiger partial charge on any atom is 0.340 e. The van der Waals surface area contributed by atoms with Gasteiger partial charge in [-0.2, -0.15) is 0 Å². The molecule has 0 aliphatic carbocycles. The van der Waals surface area contributed by atoms with E-state index in [0.717, 1.165) is 44.3 Å². The molecular weight excluding hydrogens is 331 g/mol. The molecule has 3 aliphatic rings. The minimum atomic E-state index is -0.315. The van der Waals surface area contributed by atoms with Gasteiger partial charge in [0.05, 0.1) is 12.2 Å². The summed E-state index contributed by atoms with van der Waals surface area (Å²) in [5.41, 5.74) is 1.82. The fourth-order valence-corrected chi connectivity index (χ4v) is 3.83. The van der Waals surface area contributed by atoms with Crippen molar-refractivity contribution in [3.8, 4) is 0 Å². The molecule has 1 N–H and O–H groups in total. The molecule has 6 heteroatoms. The molecule has 4 heterocycles. The van der Waals surface area contributed by atoms with Crippen LogP contribution in [0.2, 0.25) is 0 Å². The van der Waals surface area contributed by atoms with Crippen molar-refractivity contribution in [3.63, 3.8) is 0 Å². The Hall–Kier alpha value is -1.59. The van der Waals surface area contributed by atoms with Crippen LogP contribution in [0.3, 0.4) is 0 Å². The fourth-order valence-electron chi connectivity index (χ4n) is 3.83. The lowest BCUT2D eigenvalue weighted by Gasteiger charge is -2.47. The number of carbonyl (C=O) groups is 1. The van der Waals surface area contributed by atoms with Crippen molar-refractivity contribution >= 4 is 29.3 Å². The molecule has 0 atom stereocenters. The lowest BCUT2D eigenvalue weighted by molar-refractivity contribution is -0.0304. The highest BCUT2D eigenvalue weighted by molar-refractivity contribution is 6.04. The number of nitrogens with one attached hydrogen (secondary N) is 1. The molecule has 2 bridgehead atoms. The first-order valence-electron chi connectivity index (χ1n) is 8.23. The van der Waals surface area contributed by atoms with Gasteiger partial charge in [-0.3, -0.25) is 0 Å². The maximum absolute atomic E-state index is 13.6. The minimum Gasteiger partial charge on any atom is -0.461 e. The van der Waals surface area contributed by atoms with E-state index in [4.69, 9.17) is 4.74 Å². The van der Waals surface area contributed by atoms with Gasteiger partial charge in [0.15, 0.2) is 0 Å². The summed E-state index contributed by atoms with van der Waals surface area (Å²) in [5, 5.41) is 0.727. The number of aryl methyl sites for hydroxylation is 1. The van der Waals surface area contributed by atoms with Gasteiger partial charge in [0.1, 0.15) is 5.82 Å². The molecule has 3 aliphatic heterocycles. The van der Waals surface area contributed by atoms with Gasteiger partial charge in [-0.1, -0.05) is 0 Å². The van der Waals surface area contributed by atoms with Crippen LogP contribution in [0.5, 0.6) is 0 Å². The first-order chi connectivity index (χ1) is 11.1. The van der Waals surface area contributed by atoms with Gasteiger partial charge in [0, 0.05) is 22.5 Å². The Labute approximate surface area is 146 Å².